The van der Waals surface area contributed by atoms with Crippen LogP contribution in [0.5, 0.6) is 0 Å². The second-order valence-electron chi connectivity index (χ2n) is 3.68. The summed E-state index contributed by atoms with van der Waals surface area (Å²) in [6.45, 7) is 1.75. The van der Waals surface area contributed by atoms with Crippen molar-refractivity contribution in [2.45, 2.75) is 44.1 Å². The summed E-state index contributed by atoms with van der Waals surface area (Å²) in [4.78, 5) is 10.5. The summed E-state index contributed by atoms with van der Waals surface area (Å²) in [6, 6.07) is -0.0805. The minimum Gasteiger partial charge on any atom is -0.481 e. The van der Waals surface area contributed by atoms with E-state index in [9.17, 15) is 9.90 Å². The molecular formula is C9H17NO4. The van der Waals surface area contributed by atoms with Gasteiger partial charge in [-0.15, -0.1) is 0 Å². The first-order chi connectivity index (χ1) is 6.54. The molecule has 0 bridgehead atoms. The van der Waals surface area contributed by atoms with Crippen molar-refractivity contribution in [3.8, 4) is 0 Å². The summed E-state index contributed by atoms with van der Waals surface area (Å²) in [5.41, 5.74) is 0. The third kappa shape index (κ3) is 2.67. The van der Waals surface area contributed by atoms with Crippen LogP contribution in [-0.2, 0) is 9.53 Å². The van der Waals surface area contributed by atoms with E-state index >= 15 is 0 Å². The van der Waals surface area contributed by atoms with Crippen LogP contribution in [0.3, 0.4) is 0 Å². The molecule has 3 N–H and O–H groups in total. The predicted molar refractivity (Wildman–Crippen MR) is 50.1 cm³/mol. The van der Waals surface area contributed by atoms with Crippen molar-refractivity contribution in [3.05, 3.63) is 0 Å². The van der Waals surface area contributed by atoms with E-state index in [1.165, 1.54) is 0 Å². The van der Waals surface area contributed by atoms with Gasteiger partial charge < -0.3 is 20.3 Å². The van der Waals surface area contributed by atoms with Crippen molar-refractivity contribution in [1.29, 1.82) is 0 Å². The predicted octanol–water partition coefficient (Wildman–Crippen LogP) is -0.413. The number of hydrogen-bond acceptors (Lipinski definition) is 4. The largest absolute Gasteiger partial charge is 0.481 e. The number of rotatable bonds is 3. The van der Waals surface area contributed by atoms with Crippen LogP contribution in [0.25, 0.3) is 0 Å². The molecular weight excluding hydrogens is 186 g/mol. The fraction of sp³-hybridized carbons (Fsp3) is 0.889. The summed E-state index contributed by atoms with van der Waals surface area (Å²) in [7, 11) is 1.75. The van der Waals surface area contributed by atoms with E-state index in [4.69, 9.17) is 9.84 Å². The van der Waals surface area contributed by atoms with Crippen molar-refractivity contribution >= 4 is 5.97 Å². The Kier molecular flexibility index (Phi) is 3.86. The van der Waals surface area contributed by atoms with Crippen molar-refractivity contribution < 1.29 is 19.7 Å². The molecule has 5 heteroatoms. The molecule has 0 radical (unpaired) electrons. The van der Waals surface area contributed by atoms with Crippen LogP contribution in [0.1, 0.15) is 19.8 Å². The molecule has 1 fully saturated rings. The lowest BCUT2D eigenvalue weighted by Crippen LogP contribution is -2.52. The first kappa shape index (κ1) is 11.4. The van der Waals surface area contributed by atoms with Crippen LogP contribution in [0.4, 0.5) is 0 Å². The summed E-state index contributed by atoms with van der Waals surface area (Å²) < 4.78 is 5.37. The van der Waals surface area contributed by atoms with Crippen molar-refractivity contribution in [3.63, 3.8) is 0 Å². The summed E-state index contributed by atoms with van der Waals surface area (Å²) in [6.07, 6.45) is -0.650. The monoisotopic (exact) mass is 203 g/mol. The molecule has 82 valence electrons. The highest BCUT2D eigenvalue weighted by atomic mass is 16.5. The first-order valence-electron chi connectivity index (χ1n) is 4.77. The van der Waals surface area contributed by atoms with Gasteiger partial charge in [0, 0.05) is 6.04 Å². The lowest BCUT2D eigenvalue weighted by Gasteiger charge is -2.37. The van der Waals surface area contributed by atoms with Crippen molar-refractivity contribution in [2.75, 3.05) is 7.05 Å². The highest BCUT2D eigenvalue weighted by Crippen LogP contribution is 2.21. The fourth-order valence-electron chi connectivity index (χ4n) is 1.80. The molecule has 1 rings (SSSR count). The topological polar surface area (TPSA) is 78.8 Å². The number of nitrogens with one attached hydrogen (secondary N) is 1. The number of ether oxygens (including phenoxy) is 1. The number of aliphatic hydroxyl groups is 1. The van der Waals surface area contributed by atoms with Gasteiger partial charge in [-0.2, -0.15) is 0 Å². The van der Waals surface area contributed by atoms with Crippen LogP contribution < -0.4 is 5.32 Å². The Balaban J connectivity index is 2.53. The fourth-order valence-corrected chi connectivity index (χ4v) is 1.80. The molecule has 0 unspecified atom stereocenters. The average Bonchev–Trinajstić information content (AvgIpc) is 2.10. The molecule has 5 nitrogen and oxygen atoms in total. The number of carboxylic acid groups (broad SMARTS) is 1. The Morgan fingerprint density at radius 1 is 1.64 bits per heavy atom. The Morgan fingerprint density at radius 3 is 2.79 bits per heavy atom. The summed E-state index contributed by atoms with van der Waals surface area (Å²) in [5, 5.41) is 21.2. The normalized spacial score (nSPS) is 38.2. The first-order valence-corrected chi connectivity index (χ1v) is 4.77. The van der Waals surface area contributed by atoms with Crippen LogP contribution in [-0.4, -0.2) is 47.6 Å². The van der Waals surface area contributed by atoms with Gasteiger partial charge in [0.25, 0.3) is 0 Å². The van der Waals surface area contributed by atoms with Gasteiger partial charge in [-0.1, -0.05) is 0 Å². The molecule has 0 spiro atoms. The zero-order valence-electron chi connectivity index (χ0n) is 8.43. The summed E-state index contributed by atoms with van der Waals surface area (Å²) >= 11 is 0. The van der Waals surface area contributed by atoms with Crippen LogP contribution >= 0.6 is 0 Å². The molecule has 0 saturated carbocycles. The standard InChI is InChI=1S/C9H17NO4/c1-5-9(13)7(10-2)3-6(14-5)4-8(11)12/h5-7,9-10,13H,3-4H2,1-2H3,(H,11,12)/t5-,6-,7-,9-/m0/s1. The summed E-state index contributed by atoms with van der Waals surface area (Å²) in [5.74, 6) is -0.867. The molecule has 1 saturated heterocycles. The van der Waals surface area contributed by atoms with Crippen LogP contribution in [0.2, 0.25) is 0 Å². The Labute approximate surface area is 83.1 Å². The smallest absolute Gasteiger partial charge is 0.305 e. The minimum atomic E-state index is -0.867. The van der Waals surface area contributed by atoms with E-state index in [-0.39, 0.29) is 24.7 Å². The maximum atomic E-state index is 10.5. The molecule has 0 aromatic carbocycles. The lowest BCUT2D eigenvalue weighted by molar-refractivity contribution is -0.152. The van der Waals surface area contributed by atoms with E-state index in [1.807, 2.05) is 0 Å². The molecule has 1 heterocycles. The van der Waals surface area contributed by atoms with E-state index in [0.717, 1.165) is 0 Å². The van der Waals surface area contributed by atoms with Crippen LogP contribution in [0.15, 0.2) is 0 Å². The SMILES string of the molecule is CN[C@H]1C[C@@H](CC(=O)O)O[C@@H](C)[C@@H]1O. The highest BCUT2D eigenvalue weighted by molar-refractivity contribution is 5.67. The van der Waals surface area contributed by atoms with E-state index in [0.29, 0.717) is 6.42 Å². The van der Waals surface area contributed by atoms with Crippen molar-refractivity contribution in [1.82, 2.24) is 5.32 Å². The maximum absolute atomic E-state index is 10.5. The van der Waals surface area contributed by atoms with E-state index in [2.05, 4.69) is 5.32 Å². The van der Waals surface area contributed by atoms with Crippen molar-refractivity contribution in [2.24, 2.45) is 0 Å². The van der Waals surface area contributed by atoms with Crippen LogP contribution in [0, 0.1) is 0 Å². The van der Waals surface area contributed by atoms with E-state index < -0.39 is 12.1 Å². The second kappa shape index (κ2) is 4.72. The maximum Gasteiger partial charge on any atom is 0.305 e. The highest BCUT2D eigenvalue weighted by Gasteiger charge is 2.34. The Bertz CT molecular complexity index is 209. The Morgan fingerprint density at radius 2 is 2.29 bits per heavy atom. The van der Waals surface area contributed by atoms with Gasteiger partial charge in [0.1, 0.15) is 0 Å². The number of carboxylic acids is 1. The average molecular weight is 203 g/mol. The quantitative estimate of drug-likeness (QED) is 0.581. The third-order valence-corrected chi connectivity index (χ3v) is 2.59. The van der Waals surface area contributed by atoms with Gasteiger partial charge >= 0.3 is 5.97 Å². The van der Waals surface area contributed by atoms with Gasteiger partial charge in [0.05, 0.1) is 24.7 Å². The number of hydrogen-bond donors (Lipinski definition) is 3. The van der Waals surface area contributed by atoms with Gasteiger partial charge in [0.15, 0.2) is 0 Å². The number of aliphatic carboxylic acids is 1. The van der Waals surface area contributed by atoms with Gasteiger partial charge in [-0.05, 0) is 20.4 Å². The number of aliphatic hydroxyl groups excluding tert-OH is 1. The zero-order valence-corrected chi connectivity index (χ0v) is 8.43. The zero-order chi connectivity index (χ0) is 10.7. The molecule has 0 aliphatic carbocycles. The number of carbonyl (C=O) groups is 1. The molecule has 0 aromatic heterocycles. The van der Waals surface area contributed by atoms with E-state index in [1.54, 1.807) is 14.0 Å². The lowest BCUT2D eigenvalue weighted by atomic mass is 9.95. The number of likely N-dealkylation sites (N-methyl/N-ethyl adjacent to an activating group) is 1. The molecule has 1 aliphatic rings. The van der Waals surface area contributed by atoms with Gasteiger partial charge in [0.2, 0.25) is 0 Å². The van der Waals surface area contributed by atoms with Gasteiger partial charge in [-0.25, -0.2) is 0 Å². The molecule has 14 heavy (non-hydrogen) atoms. The van der Waals surface area contributed by atoms with Gasteiger partial charge in [-0.3, -0.25) is 4.79 Å². The Hall–Kier alpha value is -0.650. The minimum absolute atomic E-state index is 0.00472. The molecule has 1 aliphatic heterocycles. The second-order valence-corrected chi connectivity index (χ2v) is 3.68. The molecule has 0 aromatic rings. The molecule has 0 amide bonds. The molecule has 4 atom stereocenters. The third-order valence-electron chi connectivity index (χ3n) is 2.59.